The molecule has 150 valence electrons. The van der Waals surface area contributed by atoms with Crippen LogP contribution in [0.1, 0.15) is 36.6 Å². The Labute approximate surface area is 177 Å². The third-order valence-electron chi connectivity index (χ3n) is 5.70. The summed E-state index contributed by atoms with van der Waals surface area (Å²) in [5, 5.41) is 15.9. The number of hydrogen-bond acceptors (Lipinski definition) is 4. The van der Waals surface area contributed by atoms with Gasteiger partial charge in [-0.15, -0.1) is 0 Å². The van der Waals surface area contributed by atoms with E-state index >= 15 is 0 Å². The number of ether oxygens (including phenoxy) is 1. The lowest BCUT2D eigenvalue weighted by molar-refractivity contribution is -0.0366. The Hall–Kier alpha value is -3.01. The van der Waals surface area contributed by atoms with Crippen LogP contribution in [0.2, 0.25) is 5.15 Å². The summed E-state index contributed by atoms with van der Waals surface area (Å²) in [6.45, 7) is 2.68. The van der Waals surface area contributed by atoms with Crippen LogP contribution in [-0.4, -0.2) is 21.4 Å². The van der Waals surface area contributed by atoms with Crippen LogP contribution in [0, 0.1) is 24.1 Å². The molecule has 1 aliphatic rings. The van der Waals surface area contributed by atoms with Gasteiger partial charge in [0.25, 0.3) is 0 Å². The van der Waals surface area contributed by atoms with Crippen LogP contribution < -0.4 is 0 Å². The summed E-state index contributed by atoms with van der Waals surface area (Å²) in [6.07, 6.45) is 4.72. The van der Waals surface area contributed by atoms with Gasteiger partial charge >= 0.3 is 0 Å². The maximum atomic E-state index is 14.5. The highest BCUT2D eigenvalue weighted by atomic mass is 35.5. The predicted molar refractivity (Wildman–Crippen MR) is 114 cm³/mol. The summed E-state index contributed by atoms with van der Waals surface area (Å²) >= 11 is 6.32. The van der Waals surface area contributed by atoms with Gasteiger partial charge in [0.05, 0.1) is 17.3 Å². The van der Waals surface area contributed by atoms with Gasteiger partial charge in [0.2, 0.25) is 0 Å². The van der Waals surface area contributed by atoms with Crippen LogP contribution in [0.5, 0.6) is 0 Å². The molecular weight excluding hydrogens is 403 g/mol. The molecule has 2 aromatic heterocycles. The van der Waals surface area contributed by atoms with Gasteiger partial charge in [-0.2, -0.15) is 10.4 Å². The molecule has 0 amide bonds. The smallest absolute Gasteiger partial charge is 0.150 e. The average molecular weight is 421 g/mol. The molecule has 2 aromatic carbocycles. The highest BCUT2D eigenvalue weighted by molar-refractivity contribution is 6.32. The van der Waals surface area contributed by atoms with E-state index in [2.05, 4.69) is 16.2 Å². The Kier molecular flexibility index (Phi) is 4.65. The van der Waals surface area contributed by atoms with Crippen molar-refractivity contribution in [3.8, 4) is 17.2 Å². The molecule has 4 aromatic rings. The summed E-state index contributed by atoms with van der Waals surface area (Å²) in [4.78, 5) is 4.15. The van der Waals surface area contributed by atoms with Gasteiger partial charge in [-0.1, -0.05) is 29.8 Å². The molecule has 1 fully saturated rings. The van der Waals surface area contributed by atoms with E-state index in [0.717, 1.165) is 41.3 Å². The number of rotatable bonds is 2. The summed E-state index contributed by atoms with van der Waals surface area (Å²) in [7, 11) is 0. The van der Waals surface area contributed by atoms with E-state index in [-0.39, 0.29) is 22.5 Å². The zero-order chi connectivity index (χ0) is 20.8. The number of hydrogen-bond donors (Lipinski definition) is 0. The molecule has 1 aliphatic heterocycles. The third kappa shape index (κ3) is 2.85. The zero-order valence-corrected chi connectivity index (χ0v) is 17.1. The lowest BCUT2D eigenvalue weighted by atomic mass is 9.91. The van der Waals surface area contributed by atoms with Crippen molar-refractivity contribution in [1.29, 1.82) is 5.26 Å². The Morgan fingerprint density at radius 3 is 2.83 bits per heavy atom. The zero-order valence-electron chi connectivity index (χ0n) is 16.3. The normalized spacial score (nSPS) is 16.8. The summed E-state index contributed by atoms with van der Waals surface area (Å²) < 4.78 is 22.3. The van der Waals surface area contributed by atoms with Gasteiger partial charge in [-0.05, 0) is 49.4 Å². The molecule has 0 aliphatic carbocycles. The number of nitriles is 1. The van der Waals surface area contributed by atoms with E-state index < -0.39 is 5.82 Å². The van der Waals surface area contributed by atoms with E-state index in [1.54, 1.807) is 18.3 Å². The van der Waals surface area contributed by atoms with Crippen LogP contribution in [0.3, 0.4) is 0 Å². The quantitative estimate of drug-likeness (QED) is 0.377. The van der Waals surface area contributed by atoms with Crippen LogP contribution in [0.15, 0.2) is 36.5 Å². The molecule has 7 heteroatoms. The molecule has 0 saturated carbocycles. The minimum absolute atomic E-state index is 0.00971. The lowest BCUT2D eigenvalue weighted by Crippen LogP contribution is -2.18. The van der Waals surface area contributed by atoms with Gasteiger partial charge in [0, 0.05) is 22.9 Å². The van der Waals surface area contributed by atoms with Crippen molar-refractivity contribution in [2.45, 2.75) is 32.4 Å². The highest BCUT2D eigenvalue weighted by Gasteiger charge is 2.24. The standard InChI is InChI=1S/C23H18ClFN4O/c1-13-8-9-18-16(12-27-29(18)19-7-2-3-10-30-19)20(13)21-14-5-4-6-17(25)22(14)28-23(24)15(21)11-26/h4-6,8-9,12,19H,2-3,7,10H2,1H3. The first-order valence-corrected chi connectivity index (χ1v) is 10.2. The molecule has 1 unspecified atom stereocenters. The SMILES string of the molecule is Cc1ccc2c(cnn2C2CCCCO2)c1-c1c(C#N)c(Cl)nc2c(F)cccc12. The first-order chi connectivity index (χ1) is 14.6. The fourth-order valence-electron chi connectivity index (χ4n) is 4.29. The number of pyridine rings is 1. The van der Waals surface area contributed by atoms with Gasteiger partial charge in [0.15, 0.2) is 6.23 Å². The molecule has 0 bridgehead atoms. The fourth-order valence-corrected chi connectivity index (χ4v) is 4.51. The topological polar surface area (TPSA) is 63.7 Å². The van der Waals surface area contributed by atoms with E-state index in [4.69, 9.17) is 16.3 Å². The molecule has 5 rings (SSSR count). The molecule has 1 saturated heterocycles. The van der Waals surface area contributed by atoms with E-state index in [1.165, 1.54) is 6.07 Å². The Balaban J connectivity index is 1.85. The number of aryl methyl sites for hydroxylation is 1. The maximum Gasteiger partial charge on any atom is 0.150 e. The summed E-state index contributed by atoms with van der Waals surface area (Å²) in [5.74, 6) is -0.476. The average Bonchev–Trinajstić information content (AvgIpc) is 3.18. The second kappa shape index (κ2) is 7.35. The molecule has 0 spiro atoms. The molecule has 30 heavy (non-hydrogen) atoms. The molecule has 0 radical (unpaired) electrons. The number of benzene rings is 2. The van der Waals surface area contributed by atoms with Crippen LogP contribution in [0.25, 0.3) is 32.9 Å². The van der Waals surface area contributed by atoms with Gasteiger partial charge in [-0.3, -0.25) is 0 Å². The van der Waals surface area contributed by atoms with Crippen LogP contribution >= 0.6 is 11.6 Å². The molecule has 0 N–H and O–H groups in total. The summed E-state index contributed by atoms with van der Waals surface area (Å²) in [5.41, 5.74) is 3.62. The van der Waals surface area contributed by atoms with E-state index in [0.29, 0.717) is 17.6 Å². The van der Waals surface area contributed by atoms with Crippen molar-refractivity contribution in [2.24, 2.45) is 0 Å². The largest absolute Gasteiger partial charge is 0.356 e. The van der Waals surface area contributed by atoms with Gasteiger partial charge in [-0.25, -0.2) is 14.1 Å². The van der Waals surface area contributed by atoms with Crippen molar-refractivity contribution in [3.05, 3.63) is 58.6 Å². The molecular formula is C23H18ClFN4O. The minimum Gasteiger partial charge on any atom is -0.356 e. The maximum absolute atomic E-state index is 14.5. The Morgan fingerprint density at radius 2 is 2.07 bits per heavy atom. The lowest BCUT2D eigenvalue weighted by Gasteiger charge is -2.23. The second-order valence-electron chi connectivity index (χ2n) is 7.50. The van der Waals surface area contributed by atoms with Crippen molar-refractivity contribution in [1.82, 2.24) is 14.8 Å². The molecule has 1 atom stereocenters. The number of para-hydroxylation sites is 1. The van der Waals surface area contributed by atoms with Crippen molar-refractivity contribution in [3.63, 3.8) is 0 Å². The van der Waals surface area contributed by atoms with Crippen molar-refractivity contribution >= 4 is 33.4 Å². The number of halogens is 2. The van der Waals surface area contributed by atoms with E-state index in [1.807, 2.05) is 23.7 Å². The third-order valence-corrected chi connectivity index (χ3v) is 5.98. The first kappa shape index (κ1) is 19.0. The number of nitrogens with zero attached hydrogens (tertiary/aromatic N) is 4. The number of aromatic nitrogens is 3. The Bertz CT molecular complexity index is 1340. The molecule has 5 nitrogen and oxygen atoms in total. The van der Waals surface area contributed by atoms with Gasteiger partial charge in [0.1, 0.15) is 22.6 Å². The predicted octanol–water partition coefficient (Wildman–Crippen LogP) is 5.92. The Morgan fingerprint density at radius 1 is 1.20 bits per heavy atom. The molecule has 3 heterocycles. The van der Waals surface area contributed by atoms with Gasteiger partial charge < -0.3 is 4.74 Å². The number of fused-ring (bicyclic) bond motifs is 2. The van der Waals surface area contributed by atoms with Crippen molar-refractivity contribution in [2.75, 3.05) is 6.61 Å². The van der Waals surface area contributed by atoms with Crippen molar-refractivity contribution < 1.29 is 9.13 Å². The first-order valence-electron chi connectivity index (χ1n) is 9.86. The second-order valence-corrected chi connectivity index (χ2v) is 7.86. The summed E-state index contributed by atoms with van der Waals surface area (Å²) in [6, 6.07) is 10.9. The van der Waals surface area contributed by atoms with E-state index in [9.17, 15) is 9.65 Å². The van der Waals surface area contributed by atoms with Crippen LogP contribution in [-0.2, 0) is 4.74 Å². The monoisotopic (exact) mass is 420 g/mol. The fraction of sp³-hybridized carbons (Fsp3) is 0.261. The highest BCUT2D eigenvalue weighted by Crippen LogP contribution is 2.41. The van der Waals surface area contributed by atoms with Crippen LogP contribution in [0.4, 0.5) is 4.39 Å². The minimum atomic E-state index is -0.476.